The second-order valence-electron chi connectivity index (χ2n) is 7.24. The zero-order valence-corrected chi connectivity index (χ0v) is 16.4. The number of amides is 1. The lowest BCUT2D eigenvalue weighted by Gasteiger charge is -2.07. The van der Waals surface area contributed by atoms with Crippen molar-refractivity contribution in [1.82, 2.24) is 25.1 Å². The summed E-state index contributed by atoms with van der Waals surface area (Å²) in [4.78, 5) is 23.8. The van der Waals surface area contributed by atoms with Crippen molar-refractivity contribution in [3.05, 3.63) is 61.2 Å². The topological polar surface area (TPSA) is 99.3 Å². The number of H-pyrrole nitrogens is 2. The molecule has 0 fully saturated rings. The third-order valence-electron chi connectivity index (χ3n) is 5.07. The second-order valence-corrected chi connectivity index (χ2v) is 7.24. The highest BCUT2D eigenvalue weighted by Gasteiger charge is 2.13. The van der Waals surface area contributed by atoms with Crippen molar-refractivity contribution in [2.75, 3.05) is 5.32 Å². The van der Waals surface area contributed by atoms with Gasteiger partial charge in [0.2, 0.25) is 5.91 Å². The van der Waals surface area contributed by atoms with Crippen LogP contribution in [0, 0.1) is 0 Å². The van der Waals surface area contributed by atoms with Gasteiger partial charge < -0.3 is 10.3 Å². The molecule has 4 heterocycles. The van der Waals surface area contributed by atoms with E-state index in [2.05, 4.69) is 42.6 Å². The van der Waals surface area contributed by atoms with Gasteiger partial charge in [0.15, 0.2) is 0 Å². The fraction of sp³-hybridized carbons (Fsp3) is 0.130. The van der Waals surface area contributed by atoms with E-state index in [1.165, 1.54) is 0 Å². The molecule has 30 heavy (non-hydrogen) atoms. The van der Waals surface area contributed by atoms with Crippen LogP contribution in [0.4, 0.5) is 5.69 Å². The van der Waals surface area contributed by atoms with Gasteiger partial charge >= 0.3 is 0 Å². The van der Waals surface area contributed by atoms with E-state index >= 15 is 0 Å². The molecule has 0 bridgehead atoms. The van der Waals surface area contributed by atoms with Crippen molar-refractivity contribution in [3.63, 3.8) is 0 Å². The zero-order chi connectivity index (χ0) is 20.5. The number of carbonyl (C=O) groups is 1. The van der Waals surface area contributed by atoms with Crippen LogP contribution >= 0.6 is 0 Å². The molecule has 4 aromatic heterocycles. The van der Waals surface area contributed by atoms with Crippen LogP contribution in [-0.4, -0.2) is 31.1 Å². The van der Waals surface area contributed by atoms with Crippen molar-refractivity contribution >= 4 is 33.4 Å². The summed E-state index contributed by atoms with van der Waals surface area (Å²) in [5.74, 6) is -0.00248. The number of nitrogens with zero attached hydrogens (tertiary/aromatic N) is 3. The van der Waals surface area contributed by atoms with Crippen molar-refractivity contribution < 1.29 is 4.79 Å². The molecule has 0 saturated carbocycles. The lowest BCUT2D eigenvalue weighted by molar-refractivity contribution is -0.116. The molecule has 5 rings (SSSR count). The molecule has 0 saturated heterocycles. The van der Waals surface area contributed by atoms with Crippen molar-refractivity contribution in [2.45, 2.75) is 19.8 Å². The van der Waals surface area contributed by atoms with Crippen LogP contribution in [0.3, 0.4) is 0 Å². The summed E-state index contributed by atoms with van der Waals surface area (Å²) in [6.07, 6.45) is 8.36. The molecule has 0 radical (unpaired) electrons. The molecule has 0 aliphatic carbocycles. The van der Waals surface area contributed by atoms with Crippen molar-refractivity contribution in [1.29, 1.82) is 0 Å². The Morgan fingerprint density at radius 1 is 1.00 bits per heavy atom. The van der Waals surface area contributed by atoms with Crippen LogP contribution in [0.15, 0.2) is 61.2 Å². The molecule has 3 N–H and O–H groups in total. The number of hydrogen-bond donors (Lipinski definition) is 3. The first-order valence-corrected chi connectivity index (χ1v) is 9.88. The predicted octanol–water partition coefficient (Wildman–Crippen LogP) is 4.91. The highest BCUT2D eigenvalue weighted by molar-refractivity contribution is 5.98. The minimum atomic E-state index is -0.00248. The summed E-state index contributed by atoms with van der Waals surface area (Å²) in [6, 6.07) is 12.1. The van der Waals surface area contributed by atoms with Gasteiger partial charge in [-0.2, -0.15) is 5.10 Å². The van der Waals surface area contributed by atoms with E-state index in [1.54, 1.807) is 18.6 Å². The van der Waals surface area contributed by atoms with Gasteiger partial charge in [0.1, 0.15) is 5.69 Å². The largest absolute Gasteiger partial charge is 0.353 e. The van der Waals surface area contributed by atoms with Gasteiger partial charge in [-0.25, -0.2) is 0 Å². The normalized spacial score (nSPS) is 11.2. The summed E-state index contributed by atoms with van der Waals surface area (Å²) < 4.78 is 0. The van der Waals surface area contributed by atoms with Gasteiger partial charge in [-0.3, -0.25) is 19.9 Å². The Kier molecular flexibility index (Phi) is 4.48. The smallest absolute Gasteiger partial charge is 0.224 e. The lowest BCUT2D eigenvalue weighted by Crippen LogP contribution is -2.10. The van der Waals surface area contributed by atoms with E-state index in [0.717, 1.165) is 50.7 Å². The highest BCUT2D eigenvalue weighted by Crippen LogP contribution is 2.32. The molecular weight excluding hydrogens is 376 g/mol. The summed E-state index contributed by atoms with van der Waals surface area (Å²) in [6.45, 7) is 1.98. The van der Waals surface area contributed by atoms with Crippen molar-refractivity contribution in [3.8, 4) is 22.5 Å². The molecule has 0 aliphatic heterocycles. The Balaban J connectivity index is 1.54. The fourth-order valence-electron chi connectivity index (χ4n) is 3.62. The lowest BCUT2D eigenvalue weighted by atomic mass is 10.0. The molecule has 7 nitrogen and oxygen atoms in total. The standard InChI is InChI=1S/C23H20N6O/c1-2-3-22(30)26-17-8-15(11-25-13-17)14-4-5-20-18(9-14)23(29-28-20)21-10-16-12-24-7-6-19(16)27-21/h4-13,27H,2-3H2,1H3,(H,26,30)(H,28,29). The van der Waals surface area contributed by atoms with Gasteiger partial charge in [-0.1, -0.05) is 13.0 Å². The Labute approximate surface area is 172 Å². The molecule has 0 spiro atoms. The number of aromatic amines is 2. The van der Waals surface area contributed by atoms with E-state index in [-0.39, 0.29) is 5.91 Å². The molecule has 0 aliphatic rings. The SMILES string of the molecule is CCCC(=O)Nc1cncc(-c2ccc3[nH]nc(-c4cc5cnccc5[nH]4)c3c2)c1. The number of fused-ring (bicyclic) bond motifs is 2. The first-order chi connectivity index (χ1) is 14.7. The Morgan fingerprint density at radius 2 is 1.93 bits per heavy atom. The monoisotopic (exact) mass is 396 g/mol. The Hall–Kier alpha value is -4.00. The van der Waals surface area contributed by atoms with Crippen LogP contribution in [0.25, 0.3) is 44.3 Å². The highest BCUT2D eigenvalue weighted by atomic mass is 16.1. The second kappa shape index (κ2) is 7.44. The number of pyridine rings is 2. The third-order valence-corrected chi connectivity index (χ3v) is 5.07. The summed E-state index contributed by atoms with van der Waals surface area (Å²) in [5, 5.41) is 12.6. The summed E-state index contributed by atoms with van der Waals surface area (Å²) in [7, 11) is 0. The number of nitrogens with one attached hydrogen (secondary N) is 3. The van der Waals surface area contributed by atoms with Gasteiger partial charge in [-0.15, -0.1) is 0 Å². The number of benzene rings is 1. The molecule has 0 unspecified atom stereocenters. The first kappa shape index (κ1) is 18.1. The molecule has 5 aromatic rings. The molecule has 7 heteroatoms. The van der Waals surface area contributed by atoms with Crippen LogP contribution in [0.5, 0.6) is 0 Å². The number of aromatic nitrogens is 5. The quantitative estimate of drug-likeness (QED) is 0.393. The van der Waals surface area contributed by atoms with Crippen LogP contribution < -0.4 is 5.32 Å². The van der Waals surface area contributed by atoms with Gasteiger partial charge in [-0.05, 0) is 42.3 Å². The van der Waals surface area contributed by atoms with Crippen LogP contribution in [0.1, 0.15) is 19.8 Å². The average molecular weight is 396 g/mol. The minimum Gasteiger partial charge on any atom is -0.353 e. The molecule has 1 aromatic carbocycles. The number of rotatable bonds is 5. The van der Waals surface area contributed by atoms with Crippen LogP contribution in [0.2, 0.25) is 0 Å². The number of hydrogen-bond acceptors (Lipinski definition) is 4. The van der Waals surface area contributed by atoms with Crippen LogP contribution in [-0.2, 0) is 4.79 Å². The van der Waals surface area contributed by atoms with E-state index in [9.17, 15) is 4.79 Å². The maximum atomic E-state index is 11.9. The molecule has 1 amide bonds. The summed E-state index contributed by atoms with van der Waals surface area (Å²) >= 11 is 0. The Morgan fingerprint density at radius 3 is 2.80 bits per heavy atom. The van der Waals surface area contributed by atoms with E-state index in [0.29, 0.717) is 12.1 Å². The van der Waals surface area contributed by atoms with E-state index in [4.69, 9.17) is 0 Å². The van der Waals surface area contributed by atoms with Crippen molar-refractivity contribution in [2.24, 2.45) is 0 Å². The predicted molar refractivity (Wildman–Crippen MR) is 118 cm³/mol. The molecule has 148 valence electrons. The van der Waals surface area contributed by atoms with E-state index < -0.39 is 0 Å². The van der Waals surface area contributed by atoms with Gasteiger partial charge in [0.05, 0.1) is 23.1 Å². The summed E-state index contributed by atoms with van der Waals surface area (Å²) in [5.41, 5.74) is 6.38. The van der Waals surface area contributed by atoms with Gasteiger partial charge in [0, 0.05) is 46.9 Å². The first-order valence-electron chi connectivity index (χ1n) is 9.88. The number of carbonyl (C=O) groups excluding carboxylic acids is 1. The average Bonchev–Trinajstić information content (AvgIpc) is 3.37. The van der Waals surface area contributed by atoms with Gasteiger partial charge in [0.25, 0.3) is 0 Å². The maximum absolute atomic E-state index is 11.9. The maximum Gasteiger partial charge on any atom is 0.224 e. The third kappa shape index (κ3) is 3.30. The fourth-order valence-corrected chi connectivity index (χ4v) is 3.62. The Bertz CT molecular complexity index is 1330. The minimum absolute atomic E-state index is 0.00248. The molecular formula is C23H20N6O. The molecule has 0 atom stereocenters. The number of anilines is 1. The zero-order valence-electron chi connectivity index (χ0n) is 16.4. The van der Waals surface area contributed by atoms with E-state index in [1.807, 2.05) is 37.4 Å².